The molecule has 9 aromatic rings. The number of benzene rings is 8. The Morgan fingerprint density at radius 2 is 0.554 bits per heavy atom. The first kappa shape index (κ1) is 34.5. The van der Waals surface area contributed by atoms with Gasteiger partial charge in [-0.2, -0.15) is 0 Å². The average Bonchev–Trinajstić information content (AvgIpc) is 3.67. The summed E-state index contributed by atoms with van der Waals surface area (Å²) in [5, 5.41) is 0. The molecule has 1 aliphatic rings. The van der Waals surface area contributed by atoms with Crippen LogP contribution in [0.3, 0.4) is 0 Å². The fourth-order valence-electron chi connectivity index (χ4n) is 7.92. The molecule has 1 heterocycles. The smallest absolute Gasteiger partial charge is 0.164 e. The van der Waals surface area contributed by atoms with E-state index in [9.17, 15) is 0 Å². The number of rotatable bonds is 7. The van der Waals surface area contributed by atoms with E-state index in [4.69, 9.17) is 15.0 Å². The molecule has 1 aliphatic carbocycles. The predicted octanol–water partition coefficient (Wildman–Crippen LogP) is 13.7. The van der Waals surface area contributed by atoms with Crippen LogP contribution in [0, 0.1) is 0 Å². The first-order chi connectivity index (χ1) is 27.2. The zero-order valence-electron chi connectivity index (χ0n) is 30.1. The molecule has 0 atom stereocenters. The summed E-state index contributed by atoms with van der Waals surface area (Å²) in [7, 11) is 0. The van der Waals surface area contributed by atoms with Crippen LogP contribution in [0.15, 0.2) is 200 Å². The van der Waals surface area contributed by atoms with Gasteiger partial charge in [-0.3, -0.25) is 0 Å². The van der Waals surface area contributed by atoms with Crippen LogP contribution in [0.5, 0.6) is 0 Å². The highest BCUT2D eigenvalue weighted by Gasteiger charge is 2.25. The minimum atomic E-state index is 0. The SMILES string of the molecule is C.c1ccc(-c2cccc(-c3nc(-c4ccccc4)nc(-c4cccc(-c5cccc6c5Cc5c(-c7cccc(-c8ccccc8)c7)cccc5-6)c4)n3)c2)cc1. The molecule has 0 fully saturated rings. The lowest BCUT2D eigenvalue weighted by Gasteiger charge is -2.12. The molecular formula is C53H39N3. The molecule has 0 unspecified atom stereocenters. The second kappa shape index (κ2) is 14.9. The molecule has 0 bridgehead atoms. The third-order valence-corrected chi connectivity index (χ3v) is 10.6. The van der Waals surface area contributed by atoms with E-state index in [-0.39, 0.29) is 7.43 Å². The standard InChI is InChI=1S/C52H35N3.CH4/c1-4-15-35(16-5-1)38-21-10-23-40(31-38)44-27-13-29-46-47-30-14-28-45(49(47)34-48(44)46)41-24-12-26-43(33-41)52-54-50(37-19-8-3-9-20-37)53-51(55-52)42-25-11-22-39(32-42)36-17-6-2-7-18-36;/h1-33H,34H2;1H4. The van der Waals surface area contributed by atoms with Crippen LogP contribution in [0.1, 0.15) is 18.6 Å². The highest BCUT2D eigenvalue weighted by Crippen LogP contribution is 2.46. The molecule has 0 N–H and O–H groups in total. The predicted molar refractivity (Wildman–Crippen MR) is 233 cm³/mol. The molecule has 56 heavy (non-hydrogen) atoms. The first-order valence-electron chi connectivity index (χ1n) is 18.7. The molecule has 8 aromatic carbocycles. The maximum absolute atomic E-state index is 5.13. The maximum atomic E-state index is 5.13. The minimum absolute atomic E-state index is 0. The number of hydrogen-bond donors (Lipinski definition) is 0. The number of fused-ring (bicyclic) bond motifs is 3. The van der Waals surface area contributed by atoms with Crippen molar-refractivity contribution >= 4 is 0 Å². The van der Waals surface area contributed by atoms with Crippen LogP contribution < -0.4 is 0 Å². The molecule has 0 spiro atoms. The second-order valence-electron chi connectivity index (χ2n) is 14.0. The van der Waals surface area contributed by atoms with E-state index in [2.05, 4.69) is 176 Å². The number of hydrogen-bond acceptors (Lipinski definition) is 3. The molecule has 10 rings (SSSR count). The van der Waals surface area contributed by atoms with Gasteiger partial charge in [0.25, 0.3) is 0 Å². The van der Waals surface area contributed by atoms with E-state index >= 15 is 0 Å². The summed E-state index contributed by atoms with van der Waals surface area (Å²) in [5.74, 6) is 1.94. The molecule has 0 saturated heterocycles. The third kappa shape index (κ3) is 6.50. The summed E-state index contributed by atoms with van der Waals surface area (Å²) in [6, 6.07) is 70.7. The summed E-state index contributed by atoms with van der Waals surface area (Å²) in [5.41, 5.74) is 17.8. The molecule has 3 heteroatoms. The normalized spacial score (nSPS) is 11.4. The van der Waals surface area contributed by atoms with E-state index in [1.165, 1.54) is 50.1 Å². The topological polar surface area (TPSA) is 38.7 Å². The first-order valence-corrected chi connectivity index (χ1v) is 18.7. The largest absolute Gasteiger partial charge is 0.208 e. The van der Waals surface area contributed by atoms with Crippen molar-refractivity contribution in [2.45, 2.75) is 13.8 Å². The summed E-state index contributed by atoms with van der Waals surface area (Å²) >= 11 is 0. The van der Waals surface area contributed by atoms with Gasteiger partial charge in [0.05, 0.1) is 0 Å². The molecule has 1 aromatic heterocycles. The fraction of sp³-hybridized carbons (Fsp3) is 0.0377. The molecule has 266 valence electrons. The van der Waals surface area contributed by atoms with E-state index < -0.39 is 0 Å². The van der Waals surface area contributed by atoms with Gasteiger partial charge in [-0.05, 0) is 91.4 Å². The van der Waals surface area contributed by atoms with Gasteiger partial charge in [0.15, 0.2) is 17.5 Å². The van der Waals surface area contributed by atoms with Crippen molar-refractivity contribution in [3.05, 3.63) is 211 Å². The van der Waals surface area contributed by atoms with Crippen LogP contribution in [0.2, 0.25) is 0 Å². The zero-order valence-corrected chi connectivity index (χ0v) is 30.1. The summed E-state index contributed by atoms with van der Waals surface area (Å²) in [6.07, 6.45) is 0.864. The Labute approximate surface area is 328 Å². The van der Waals surface area contributed by atoms with Crippen LogP contribution in [0.25, 0.3) is 89.8 Å². The van der Waals surface area contributed by atoms with Crippen LogP contribution in [-0.4, -0.2) is 15.0 Å². The van der Waals surface area contributed by atoms with Gasteiger partial charge < -0.3 is 0 Å². The van der Waals surface area contributed by atoms with E-state index in [1.807, 2.05) is 24.3 Å². The Bertz CT molecular complexity index is 2830. The van der Waals surface area contributed by atoms with Crippen LogP contribution in [0.4, 0.5) is 0 Å². The van der Waals surface area contributed by atoms with E-state index in [1.54, 1.807) is 0 Å². The van der Waals surface area contributed by atoms with Crippen molar-refractivity contribution in [2.24, 2.45) is 0 Å². The van der Waals surface area contributed by atoms with Crippen molar-refractivity contribution in [2.75, 3.05) is 0 Å². The molecule has 3 nitrogen and oxygen atoms in total. The summed E-state index contributed by atoms with van der Waals surface area (Å²) in [6.45, 7) is 0. The Balaban J connectivity index is 0.00000410. The monoisotopic (exact) mass is 717 g/mol. The van der Waals surface area contributed by atoms with Crippen molar-refractivity contribution in [3.8, 4) is 89.8 Å². The highest BCUT2D eigenvalue weighted by atomic mass is 15.0. The van der Waals surface area contributed by atoms with E-state index in [0.717, 1.165) is 39.8 Å². The quantitative estimate of drug-likeness (QED) is 0.165. The Kier molecular flexibility index (Phi) is 9.18. The van der Waals surface area contributed by atoms with Crippen LogP contribution in [-0.2, 0) is 6.42 Å². The van der Waals surface area contributed by atoms with Crippen molar-refractivity contribution in [1.82, 2.24) is 15.0 Å². The Morgan fingerprint density at radius 1 is 0.250 bits per heavy atom. The second-order valence-corrected chi connectivity index (χ2v) is 14.0. The maximum Gasteiger partial charge on any atom is 0.164 e. The van der Waals surface area contributed by atoms with Gasteiger partial charge >= 0.3 is 0 Å². The highest BCUT2D eigenvalue weighted by molar-refractivity contribution is 5.90. The van der Waals surface area contributed by atoms with Gasteiger partial charge in [-0.25, -0.2) is 15.0 Å². The van der Waals surface area contributed by atoms with Gasteiger partial charge in [0, 0.05) is 16.7 Å². The van der Waals surface area contributed by atoms with E-state index in [0.29, 0.717) is 17.5 Å². The summed E-state index contributed by atoms with van der Waals surface area (Å²) in [4.78, 5) is 15.2. The average molecular weight is 718 g/mol. The lowest BCUT2D eigenvalue weighted by atomic mass is 9.93. The lowest BCUT2D eigenvalue weighted by Crippen LogP contribution is -2.00. The molecule has 0 saturated carbocycles. The van der Waals surface area contributed by atoms with Gasteiger partial charge in [-0.15, -0.1) is 0 Å². The lowest BCUT2D eigenvalue weighted by molar-refractivity contribution is 1.07. The Hall–Kier alpha value is -7.23. The van der Waals surface area contributed by atoms with Gasteiger partial charge in [-0.1, -0.05) is 189 Å². The minimum Gasteiger partial charge on any atom is -0.208 e. The van der Waals surface area contributed by atoms with Crippen molar-refractivity contribution < 1.29 is 0 Å². The zero-order chi connectivity index (χ0) is 36.6. The number of aromatic nitrogens is 3. The Morgan fingerprint density at radius 3 is 1.02 bits per heavy atom. The summed E-state index contributed by atoms with van der Waals surface area (Å²) < 4.78 is 0. The fourth-order valence-corrected chi connectivity index (χ4v) is 7.92. The molecular weight excluding hydrogens is 679 g/mol. The van der Waals surface area contributed by atoms with Gasteiger partial charge in [0.2, 0.25) is 0 Å². The molecule has 0 radical (unpaired) electrons. The molecule has 0 aliphatic heterocycles. The van der Waals surface area contributed by atoms with Crippen molar-refractivity contribution in [1.29, 1.82) is 0 Å². The number of nitrogens with zero attached hydrogens (tertiary/aromatic N) is 3. The van der Waals surface area contributed by atoms with Crippen LogP contribution >= 0.6 is 0 Å². The molecule has 0 amide bonds. The third-order valence-electron chi connectivity index (χ3n) is 10.6. The van der Waals surface area contributed by atoms with Crippen molar-refractivity contribution in [3.63, 3.8) is 0 Å². The van der Waals surface area contributed by atoms with Gasteiger partial charge in [0.1, 0.15) is 0 Å².